The zero-order valence-corrected chi connectivity index (χ0v) is 28.7. The van der Waals surface area contributed by atoms with Crippen molar-refractivity contribution >= 4 is 71.3 Å². The Labute approximate surface area is 284 Å². The number of para-hydroxylation sites is 4. The van der Waals surface area contributed by atoms with E-state index in [2.05, 4.69) is 13.8 Å². The summed E-state index contributed by atoms with van der Waals surface area (Å²) in [6, 6.07) is 14.6. The normalized spacial score (nSPS) is 14.9. The molecule has 0 unspecified atom stereocenters. The van der Waals surface area contributed by atoms with Gasteiger partial charge in [-0.2, -0.15) is 16.8 Å². The quantitative estimate of drug-likeness (QED) is 0.0970. The Morgan fingerprint density at radius 1 is 0.714 bits per heavy atom. The molecule has 0 radical (unpaired) electrons. The van der Waals surface area contributed by atoms with E-state index in [4.69, 9.17) is 19.9 Å². The van der Waals surface area contributed by atoms with E-state index in [1.54, 1.807) is 42.5 Å². The van der Waals surface area contributed by atoms with Crippen LogP contribution in [-0.2, 0) is 32.7 Å². The maximum atomic E-state index is 12.2. The largest absolute Gasteiger partial charge is 0.324 e. The fourth-order valence-electron chi connectivity index (χ4n) is 5.77. The molecule has 2 N–H and O–H groups in total. The third-order valence-electron chi connectivity index (χ3n) is 7.97. The van der Waals surface area contributed by atoms with Crippen LogP contribution in [0, 0.1) is 0 Å². The molecule has 49 heavy (non-hydrogen) atoms. The highest BCUT2D eigenvalue weighted by Gasteiger charge is 2.36. The summed E-state index contributed by atoms with van der Waals surface area (Å²) in [5.74, 6) is 0.324. The number of aryl methyl sites for hydroxylation is 1. The maximum absolute atomic E-state index is 12.2. The predicted molar refractivity (Wildman–Crippen MR) is 189 cm³/mol. The van der Waals surface area contributed by atoms with Crippen molar-refractivity contribution in [1.29, 1.82) is 0 Å². The van der Waals surface area contributed by atoms with Gasteiger partial charge in [-0.15, -0.1) is 0 Å². The van der Waals surface area contributed by atoms with Gasteiger partial charge in [-0.25, -0.2) is 24.1 Å². The molecule has 0 saturated heterocycles. The van der Waals surface area contributed by atoms with Crippen LogP contribution in [0.5, 0.6) is 0 Å². The molecule has 0 amide bonds. The molecule has 0 bridgehead atoms. The first kappa shape index (κ1) is 34.1. The molecule has 3 aromatic heterocycles. The predicted octanol–water partition coefficient (Wildman–Crippen LogP) is 4.84. The molecule has 14 nitrogen and oxygen atoms in total. The van der Waals surface area contributed by atoms with Crippen LogP contribution in [0.3, 0.4) is 0 Å². The molecule has 16 heteroatoms. The Kier molecular flexibility index (Phi) is 9.74. The van der Waals surface area contributed by atoms with Gasteiger partial charge in [0.2, 0.25) is 5.82 Å². The van der Waals surface area contributed by atoms with Gasteiger partial charge in [-0.05, 0) is 43.2 Å². The van der Waals surface area contributed by atoms with Crippen molar-refractivity contribution in [2.75, 3.05) is 22.2 Å². The van der Waals surface area contributed by atoms with Crippen LogP contribution in [0.15, 0.2) is 78.7 Å². The Hall–Kier alpha value is -4.77. The number of imidazole rings is 1. The highest BCUT2D eigenvalue weighted by Crippen LogP contribution is 2.40. The third-order valence-corrected chi connectivity index (χ3v) is 9.13. The van der Waals surface area contributed by atoms with Gasteiger partial charge in [0.25, 0.3) is 25.9 Å². The lowest BCUT2D eigenvalue weighted by Crippen LogP contribution is -2.40. The Bertz CT molecular complexity index is 2350. The molecule has 0 fully saturated rings. The van der Waals surface area contributed by atoms with Crippen molar-refractivity contribution in [2.45, 2.75) is 52.0 Å². The Morgan fingerprint density at radius 2 is 1.29 bits per heavy atom. The molecular weight excluding hydrogens is 669 g/mol. The number of benzene rings is 2. The first-order valence-corrected chi connectivity index (χ1v) is 19.1. The fourth-order valence-corrected chi connectivity index (χ4v) is 6.94. The Morgan fingerprint density at radius 3 is 1.88 bits per heavy atom. The van der Waals surface area contributed by atoms with Crippen LogP contribution in [0.1, 0.15) is 45.4 Å². The van der Waals surface area contributed by atoms with Crippen LogP contribution in [0.25, 0.3) is 39.4 Å². The number of fused-ring (bicyclic) bond motifs is 4. The number of rotatable bonds is 13. The molecule has 1 aliphatic rings. The van der Waals surface area contributed by atoms with Gasteiger partial charge in [-0.1, -0.05) is 74.2 Å². The van der Waals surface area contributed by atoms with E-state index in [0.717, 1.165) is 25.7 Å². The van der Waals surface area contributed by atoms with E-state index in [-0.39, 0.29) is 0 Å². The molecular formula is C33H37N8O6S2+. The first-order valence-electron chi connectivity index (χ1n) is 15.9. The number of hydrogen-bond acceptors (Lipinski definition) is 10. The van der Waals surface area contributed by atoms with Gasteiger partial charge in [0.15, 0.2) is 28.9 Å². The van der Waals surface area contributed by atoms with Crippen molar-refractivity contribution in [1.82, 2.24) is 24.5 Å². The average Bonchev–Trinajstić information content (AvgIpc) is 3.48. The highest BCUT2D eigenvalue weighted by atomic mass is 32.2. The summed E-state index contributed by atoms with van der Waals surface area (Å²) in [7, 11) is -8.89. The molecule has 5 aromatic rings. The molecule has 0 spiro atoms. The lowest BCUT2D eigenvalue weighted by molar-refractivity contribution is -0.656. The summed E-state index contributed by atoms with van der Waals surface area (Å²) >= 11 is 0. The van der Waals surface area contributed by atoms with Crippen molar-refractivity contribution in [3.8, 4) is 0 Å². The van der Waals surface area contributed by atoms with Crippen molar-refractivity contribution < 1.29 is 30.5 Å². The van der Waals surface area contributed by atoms with Crippen molar-refractivity contribution in [2.24, 2.45) is 0 Å². The number of allylic oxidation sites excluding steroid dienone is 4. The topological polar surface area (TPSA) is 176 Å². The number of unbranched alkanes of at least 4 members (excludes halogenated alkanes) is 2. The summed E-state index contributed by atoms with van der Waals surface area (Å²) in [4.78, 5) is 22.3. The molecule has 0 aliphatic carbocycles. The fraction of sp³-hybridized carbons (Fsp3) is 0.303. The van der Waals surface area contributed by atoms with Crippen molar-refractivity contribution in [3.05, 3.63) is 84.5 Å². The number of aromatic nitrogens is 6. The van der Waals surface area contributed by atoms with Gasteiger partial charge in [-0.3, -0.25) is 14.0 Å². The molecule has 0 atom stereocenters. The lowest BCUT2D eigenvalue weighted by atomic mass is 10.3. The van der Waals surface area contributed by atoms with Crippen molar-refractivity contribution in [3.63, 3.8) is 0 Å². The summed E-state index contributed by atoms with van der Waals surface area (Å²) in [6.07, 6.45) is 11.9. The van der Waals surface area contributed by atoms with E-state index >= 15 is 0 Å². The Balaban J connectivity index is 1.43. The van der Waals surface area contributed by atoms with E-state index in [1.807, 2.05) is 45.9 Å². The molecule has 0 saturated carbocycles. The number of hydrogen-bond donors (Lipinski definition) is 2. The molecule has 6 rings (SSSR count). The SMILES string of the molecule is CCCCN1C(=CC=CC=Cc2n(CCCC)c3nc4ccccc4nc3[n+]2CS(=O)(=O)O)N(CS(=O)(=O)O)c2nc3ccccc3nc21. The van der Waals surface area contributed by atoms with Crippen LogP contribution in [0.2, 0.25) is 0 Å². The van der Waals surface area contributed by atoms with Gasteiger partial charge >= 0.3 is 5.65 Å². The number of anilines is 2. The number of nitrogens with zero attached hydrogens (tertiary/aromatic N) is 8. The van der Waals surface area contributed by atoms with Gasteiger partial charge < -0.3 is 4.90 Å². The van der Waals surface area contributed by atoms with Crippen LogP contribution in [-0.4, -0.2) is 62.9 Å². The van der Waals surface area contributed by atoms with Crippen LogP contribution >= 0.6 is 0 Å². The second-order valence-electron chi connectivity index (χ2n) is 11.6. The van der Waals surface area contributed by atoms with Gasteiger partial charge in [0.1, 0.15) is 11.3 Å². The minimum absolute atomic E-state index is 0.321. The highest BCUT2D eigenvalue weighted by molar-refractivity contribution is 7.85. The minimum atomic E-state index is -4.45. The summed E-state index contributed by atoms with van der Waals surface area (Å²) < 4.78 is 71.7. The van der Waals surface area contributed by atoms with Crippen LogP contribution < -0.4 is 14.4 Å². The molecule has 4 heterocycles. The summed E-state index contributed by atoms with van der Waals surface area (Å²) in [6.45, 7) is 5.18. The second kappa shape index (κ2) is 14.0. The smallest absolute Gasteiger partial charge is 0.309 e. The first-order chi connectivity index (χ1) is 23.5. The zero-order valence-electron chi connectivity index (χ0n) is 27.1. The summed E-state index contributed by atoms with van der Waals surface area (Å²) in [5.41, 5.74) is 3.30. The second-order valence-corrected chi connectivity index (χ2v) is 14.5. The molecule has 256 valence electrons. The van der Waals surface area contributed by atoms with Gasteiger partial charge in [0.05, 0.1) is 17.6 Å². The van der Waals surface area contributed by atoms with Crippen LogP contribution in [0.4, 0.5) is 11.6 Å². The van der Waals surface area contributed by atoms with E-state index < -0.39 is 32.0 Å². The van der Waals surface area contributed by atoms with Gasteiger partial charge in [0, 0.05) is 12.6 Å². The minimum Gasteiger partial charge on any atom is -0.309 e. The maximum Gasteiger partial charge on any atom is 0.324 e. The molecule has 1 aliphatic heterocycles. The summed E-state index contributed by atoms with van der Waals surface area (Å²) in [5, 5.41) is 0. The monoisotopic (exact) mass is 705 g/mol. The standard InChI is InChI=1S/C33H36N8O6S2/c1-3-5-20-38-28(40(22-48(42,43)44)32-30(38)34-24-14-10-12-16-26(24)36-32)18-8-7-9-19-29-39(21-6-4-2)31-33(41(29)23-49(45,46)47)37-27-17-13-11-15-25(27)35-31/h7-19H,3-6,20-23H2,1-2H3,(H-,42,43,44,45,46,47)/p+1. The lowest BCUT2D eigenvalue weighted by Gasteiger charge is -2.23. The average molecular weight is 706 g/mol. The third kappa shape index (κ3) is 7.46. The van der Waals surface area contributed by atoms with E-state index in [1.165, 1.54) is 9.47 Å². The zero-order chi connectivity index (χ0) is 34.8. The van der Waals surface area contributed by atoms with E-state index in [9.17, 15) is 25.9 Å². The van der Waals surface area contributed by atoms with E-state index in [0.29, 0.717) is 69.7 Å². The molecule has 2 aromatic carbocycles.